The van der Waals surface area contributed by atoms with E-state index in [9.17, 15) is 4.79 Å². The van der Waals surface area contributed by atoms with Crippen LogP contribution < -0.4 is 10.2 Å². The molecule has 1 atom stereocenters. The molecule has 1 amide bonds. The van der Waals surface area contributed by atoms with Crippen LogP contribution in [-0.2, 0) is 4.79 Å². The number of amides is 1. The highest BCUT2D eigenvalue weighted by Gasteiger charge is 2.23. The van der Waals surface area contributed by atoms with Crippen LogP contribution in [-0.4, -0.2) is 84.5 Å². The first kappa shape index (κ1) is 19.4. The molecule has 8 nitrogen and oxygen atoms in total. The number of hydrogen-bond donors (Lipinski definition) is 1. The van der Waals surface area contributed by atoms with Crippen LogP contribution >= 0.6 is 0 Å². The van der Waals surface area contributed by atoms with Crippen LogP contribution in [0, 0.1) is 5.92 Å². The summed E-state index contributed by atoms with van der Waals surface area (Å²) in [5, 5.41) is 3.36. The van der Waals surface area contributed by atoms with Gasteiger partial charge in [-0.25, -0.2) is 9.97 Å². The molecule has 2 aliphatic heterocycles. The highest BCUT2D eigenvalue weighted by molar-refractivity contribution is 5.81. The van der Waals surface area contributed by atoms with Crippen LogP contribution in [0.1, 0.15) is 26.2 Å². The zero-order valence-electron chi connectivity index (χ0n) is 16.5. The second-order valence-electron chi connectivity index (χ2n) is 7.33. The Morgan fingerprint density at radius 3 is 2.59 bits per heavy atom. The Balaban J connectivity index is 1.39. The Hall–Kier alpha value is -2.38. The molecule has 0 aromatic carbocycles. The van der Waals surface area contributed by atoms with Gasteiger partial charge in [0.05, 0.1) is 0 Å². The van der Waals surface area contributed by atoms with Gasteiger partial charge in [0.2, 0.25) is 11.9 Å². The first-order valence-electron chi connectivity index (χ1n) is 9.92. The largest absolute Gasteiger partial charge is 0.356 e. The summed E-state index contributed by atoms with van der Waals surface area (Å²) in [6.45, 7) is 7.97. The van der Waals surface area contributed by atoms with Crippen molar-refractivity contribution in [1.29, 1.82) is 0 Å². The van der Waals surface area contributed by atoms with Crippen LogP contribution in [0.2, 0.25) is 0 Å². The third-order valence-electron chi connectivity index (χ3n) is 5.26. The summed E-state index contributed by atoms with van der Waals surface area (Å²) in [6, 6.07) is 1.81. The van der Waals surface area contributed by atoms with E-state index in [0.29, 0.717) is 18.9 Å². The molecular formula is C19H31N7O. The molecule has 2 fully saturated rings. The maximum Gasteiger partial charge on any atom is 0.225 e. The van der Waals surface area contributed by atoms with Crippen molar-refractivity contribution in [2.75, 3.05) is 57.8 Å². The van der Waals surface area contributed by atoms with E-state index in [1.54, 1.807) is 12.4 Å². The molecule has 0 saturated carbocycles. The lowest BCUT2D eigenvalue weighted by atomic mass is 10.0. The van der Waals surface area contributed by atoms with Crippen molar-refractivity contribution in [2.24, 2.45) is 10.9 Å². The summed E-state index contributed by atoms with van der Waals surface area (Å²) < 4.78 is 0. The fourth-order valence-corrected chi connectivity index (χ4v) is 3.76. The van der Waals surface area contributed by atoms with Gasteiger partial charge in [-0.15, -0.1) is 0 Å². The van der Waals surface area contributed by atoms with Gasteiger partial charge in [-0.05, 0) is 24.8 Å². The van der Waals surface area contributed by atoms with E-state index in [-0.39, 0.29) is 5.91 Å². The number of carbonyl (C=O) groups is 1. The number of hydrogen-bond acceptors (Lipinski definition) is 5. The van der Waals surface area contributed by atoms with Crippen molar-refractivity contribution in [2.45, 2.75) is 26.2 Å². The molecule has 2 aliphatic rings. The van der Waals surface area contributed by atoms with E-state index in [4.69, 9.17) is 0 Å². The summed E-state index contributed by atoms with van der Waals surface area (Å²) in [6.07, 6.45) is 6.48. The molecule has 1 aromatic heterocycles. The van der Waals surface area contributed by atoms with Crippen molar-refractivity contribution in [3.05, 3.63) is 18.5 Å². The average Bonchev–Trinajstić information content (AvgIpc) is 2.72. The smallest absolute Gasteiger partial charge is 0.225 e. The van der Waals surface area contributed by atoms with Gasteiger partial charge in [0.15, 0.2) is 5.96 Å². The summed E-state index contributed by atoms with van der Waals surface area (Å²) in [7, 11) is 1.81. The van der Waals surface area contributed by atoms with E-state index < -0.39 is 0 Å². The van der Waals surface area contributed by atoms with E-state index in [1.807, 2.05) is 18.0 Å². The lowest BCUT2D eigenvalue weighted by Gasteiger charge is -2.35. The molecule has 3 heterocycles. The van der Waals surface area contributed by atoms with E-state index in [2.05, 4.69) is 37.0 Å². The lowest BCUT2D eigenvalue weighted by molar-refractivity contribution is -0.131. The third kappa shape index (κ3) is 5.30. The van der Waals surface area contributed by atoms with Crippen molar-refractivity contribution in [3.63, 3.8) is 0 Å². The van der Waals surface area contributed by atoms with Crippen LogP contribution in [0.15, 0.2) is 23.5 Å². The lowest BCUT2D eigenvalue weighted by Crippen LogP contribution is -2.50. The van der Waals surface area contributed by atoms with Gasteiger partial charge < -0.3 is 20.0 Å². The second-order valence-corrected chi connectivity index (χ2v) is 7.33. The summed E-state index contributed by atoms with van der Waals surface area (Å²) in [5.74, 6) is 2.55. The SMILES string of the molecule is CN=C(NCCC(=O)N1CCN(c2ncccn2)CC1)N1CCCC(C)C1. The number of nitrogens with zero attached hydrogens (tertiary/aromatic N) is 6. The first-order valence-corrected chi connectivity index (χ1v) is 9.92. The molecule has 1 N–H and O–H groups in total. The zero-order chi connectivity index (χ0) is 19.1. The van der Waals surface area contributed by atoms with Gasteiger partial charge in [0, 0.05) is 71.7 Å². The molecule has 1 unspecified atom stereocenters. The molecule has 1 aromatic rings. The number of anilines is 1. The fourth-order valence-electron chi connectivity index (χ4n) is 3.76. The number of rotatable bonds is 4. The molecule has 0 aliphatic carbocycles. The molecule has 27 heavy (non-hydrogen) atoms. The van der Waals surface area contributed by atoms with E-state index in [1.165, 1.54) is 12.8 Å². The monoisotopic (exact) mass is 373 g/mol. The van der Waals surface area contributed by atoms with Gasteiger partial charge in [-0.2, -0.15) is 0 Å². The predicted octanol–water partition coefficient (Wildman–Crippen LogP) is 0.823. The van der Waals surface area contributed by atoms with Crippen LogP contribution in [0.3, 0.4) is 0 Å². The number of nitrogens with one attached hydrogen (secondary N) is 1. The Bertz CT molecular complexity index is 628. The molecule has 8 heteroatoms. The number of piperazine rings is 1. The number of carbonyl (C=O) groups excluding carboxylic acids is 1. The minimum atomic E-state index is 0.193. The van der Waals surface area contributed by atoms with Crippen LogP contribution in [0.25, 0.3) is 0 Å². The van der Waals surface area contributed by atoms with Crippen LogP contribution in [0.4, 0.5) is 5.95 Å². The fraction of sp³-hybridized carbons (Fsp3) is 0.684. The van der Waals surface area contributed by atoms with Gasteiger partial charge in [-0.3, -0.25) is 9.79 Å². The maximum atomic E-state index is 12.5. The second kappa shape index (κ2) is 9.53. The van der Waals surface area contributed by atoms with Crippen molar-refractivity contribution >= 4 is 17.8 Å². The first-order chi connectivity index (χ1) is 13.2. The Morgan fingerprint density at radius 2 is 1.93 bits per heavy atom. The van der Waals surface area contributed by atoms with Crippen molar-refractivity contribution < 1.29 is 4.79 Å². The highest BCUT2D eigenvalue weighted by atomic mass is 16.2. The van der Waals surface area contributed by atoms with Crippen LogP contribution in [0.5, 0.6) is 0 Å². The summed E-state index contributed by atoms with van der Waals surface area (Å²) in [4.78, 5) is 31.8. The van der Waals surface area contributed by atoms with Gasteiger partial charge in [0.25, 0.3) is 0 Å². The maximum absolute atomic E-state index is 12.5. The van der Waals surface area contributed by atoms with Crippen molar-refractivity contribution in [1.82, 2.24) is 25.1 Å². The number of aliphatic imine (C=N–C) groups is 1. The summed E-state index contributed by atoms with van der Waals surface area (Å²) >= 11 is 0. The van der Waals surface area contributed by atoms with Gasteiger partial charge in [-0.1, -0.05) is 6.92 Å². The number of likely N-dealkylation sites (tertiary alicyclic amines) is 1. The molecule has 0 spiro atoms. The number of guanidine groups is 1. The minimum absolute atomic E-state index is 0.193. The highest BCUT2D eigenvalue weighted by Crippen LogP contribution is 2.15. The zero-order valence-corrected chi connectivity index (χ0v) is 16.5. The Labute approximate surface area is 161 Å². The van der Waals surface area contributed by atoms with Crippen molar-refractivity contribution in [3.8, 4) is 0 Å². The number of aromatic nitrogens is 2. The Kier molecular flexibility index (Phi) is 6.84. The number of piperidine rings is 1. The topological polar surface area (TPSA) is 77.0 Å². The Morgan fingerprint density at radius 1 is 1.19 bits per heavy atom. The predicted molar refractivity (Wildman–Crippen MR) is 107 cm³/mol. The molecule has 0 bridgehead atoms. The van der Waals surface area contributed by atoms with Gasteiger partial charge in [0.1, 0.15) is 0 Å². The normalized spacial score (nSPS) is 21.3. The third-order valence-corrected chi connectivity index (χ3v) is 5.26. The molecule has 3 rings (SSSR count). The minimum Gasteiger partial charge on any atom is -0.356 e. The van der Waals surface area contributed by atoms with E-state index >= 15 is 0 Å². The standard InChI is InChI=1S/C19H31N7O/c1-16-5-3-10-26(15-16)18(20-2)23-9-6-17(27)24-11-13-25(14-12-24)19-21-7-4-8-22-19/h4,7-8,16H,3,5-6,9-15H2,1-2H3,(H,20,23). The quantitative estimate of drug-likeness (QED) is 0.622. The molecule has 2 saturated heterocycles. The summed E-state index contributed by atoms with van der Waals surface area (Å²) in [5.41, 5.74) is 0. The molecule has 148 valence electrons. The van der Waals surface area contributed by atoms with E-state index in [0.717, 1.165) is 51.2 Å². The molecule has 0 radical (unpaired) electrons. The average molecular weight is 374 g/mol. The molecular weight excluding hydrogens is 342 g/mol. The van der Waals surface area contributed by atoms with Gasteiger partial charge >= 0.3 is 0 Å².